The van der Waals surface area contributed by atoms with Crippen LogP contribution < -0.4 is 5.32 Å². The van der Waals surface area contributed by atoms with Crippen LogP contribution in [0.4, 0.5) is 0 Å². The fourth-order valence-electron chi connectivity index (χ4n) is 7.91. The molecule has 0 aromatic carbocycles. The van der Waals surface area contributed by atoms with Crippen molar-refractivity contribution in [1.82, 2.24) is 5.32 Å². The van der Waals surface area contributed by atoms with E-state index in [1.165, 1.54) is 12.5 Å². The zero-order valence-corrected chi connectivity index (χ0v) is 25.4. The summed E-state index contributed by atoms with van der Waals surface area (Å²) in [6.07, 6.45) is 12.3. The minimum Gasteiger partial charge on any atom is -0.466 e. The molecule has 6 nitrogen and oxygen atoms in total. The lowest BCUT2D eigenvalue weighted by molar-refractivity contribution is -0.156. The van der Waals surface area contributed by atoms with Gasteiger partial charge in [0.1, 0.15) is 12.4 Å². The maximum absolute atomic E-state index is 12.8. The lowest BCUT2D eigenvalue weighted by Gasteiger charge is -2.57. The third kappa shape index (κ3) is 6.71. The molecule has 6 heteroatoms. The Morgan fingerprint density at radius 3 is 2.55 bits per heavy atom. The maximum atomic E-state index is 12.8. The van der Waals surface area contributed by atoms with Gasteiger partial charge in [-0.15, -0.1) is 0 Å². The van der Waals surface area contributed by atoms with E-state index in [9.17, 15) is 14.4 Å². The number of carbonyl (C=O) groups is 3. The number of ether oxygens (including phenoxy) is 2. The van der Waals surface area contributed by atoms with Crippen molar-refractivity contribution in [2.75, 3.05) is 13.2 Å². The van der Waals surface area contributed by atoms with Gasteiger partial charge in [0.2, 0.25) is 0 Å². The Kier molecular flexibility index (Phi) is 11.2. The van der Waals surface area contributed by atoms with Crippen LogP contribution in [0.25, 0.3) is 0 Å². The number of cyclic esters (lactones) is 1. The molecule has 0 aromatic rings. The molecule has 1 aliphatic carbocycles. The highest BCUT2D eigenvalue weighted by Crippen LogP contribution is 2.60. The smallest absolute Gasteiger partial charge is 0.331 e. The van der Waals surface area contributed by atoms with Gasteiger partial charge in [-0.05, 0) is 67.4 Å². The van der Waals surface area contributed by atoms with Crippen LogP contribution in [0.15, 0.2) is 23.9 Å². The Balaban J connectivity index is 0.00000247. The molecule has 1 saturated carbocycles. The van der Waals surface area contributed by atoms with Crippen molar-refractivity contribution in [1.29, 1.82) is 0 Å². The second kappa shape index (κ2) is 13.3. The van der Waals surface area contributed by atoms with E-state index in [2.05, 4.69) is 39.1 Å². The molecule has 2 aliphatic heterocycles. The summed E-state index contributed by atoms with van der Waals surface area (Å²) in [5.41, 5.74) is 0.311. The molecule has 0 spiro atoms. The van der Waals surface area contributed by atoms with Gasteiger partial charge in [-0.3, -0.25) is 4.79 Å². The number of esters is 2. The summed E-state index contributed by atoms with van der Waals surface area (Å²) in [5, 5.41) is 3.27. The molecule has 3 rings (SSSR count). The summed E-state index contributed by atoms with van der Waals surface area (Å²) in [5.74, 6) is 0.383. The number of hydrogen-bond acceptors (Lipinski definition) is 6. The first-order valence-corrected chi connectivity index (χ1v) is 14.8. The van der Waals surface area contributed by atoms with E-state index >= 15 is 0 Å². The van der Waals surface area contributed by atoms with E-state index in [0.717, 1.165) is 44.9 Å². The second-order valence-electron chi connectivity index (χ2n) is 12.5. The van der Waals surface area contributed by atoms with Crippen LogP contribution in [0.5, 0.6) is 0 Å². The van der Waals surface area contributed by atoms with Gasteiger partial charge in [0.15, 0.2) is 0 Å². The molecule has 2 heterocycles. The predicted octanol–water partition coefficient (Wildman–Crippen LogP) is 6.64. The quantitative estimate of drug-likeness (QED) is 0.238. The van der Waals surface area contributed by atoms with Crippen molar-refractivity contribution in [2.45, 2.75) is 107 Å². The van der Waals surface area contributed by atoms with Crippen LogP contribution in [0.1, 0.15) is 101 Å². The van der Waals surface area contributed by atoms with Gasteiger partial charge in [-0.25, -0.2) is 4.79 Å². The molecule has 0 aromatic heterocycles. The Morgan fingerprint density at radius 2 is 2.00 bits per heavy atom. The first-order valence-electron chi connectivity index (χ1n) is 14.8. The molecule has 0 saturated heterocycles. The summed E-state index contributed by atoms with van der Waals surface area (Å²) < 4.78 is 11.3. The van der Waals surface area contributed by atoms with Gasteiger partial charge < -0.3 is 19.6 Å². The topological polar surface area (TPSA) is 81.7 Å². The van der Waals surface area contributed by atoms with Crippen molar-refractivity contribution in [3.05, 3.63) is 23.9 Å². The summed E-state index contributed by atoms with van der Waals surface area (Å²) >= 11 is 0. The minimum absolute atomic E-state index is 0.0419. The zero-order valence-electron chi connectivity index (χ0n) is 25.4. The van der Waals surface area contributed by atoms with Crippen LogP contribution in [0, 0.1) is 39.9 Å². The molecular formula is C32H53NO5. The second-order valence-corrected chi connectivity index (χ2v) is 12.5. The Bertz CT molecular complexity index is 892. The number of hydrogen-bond donors (Lipinski definition) is 1. The third-order valence-corrected chi connectivity index (χ3v) is 9.70. The summed E-state index contributed by atoms with van der Waals surface area (Å²) in [7, 11) is 0. The largest absolute Gasteiger partial charge is 0.466 e. The van der Waals surface area contributed by atoms with E-state index < -0.39 is 5.41 Å². The van der Waals surface area contributed by atoms with Gasteiger partial charge in [0, 0.05) is 30.4 Å². The van der Waals surface area contributed by atoms with Gasteiger partial charge in [-0.1, -0.05) is 73.5 Å². The normalized spacial score (nSPS) is 30.9. The van der Waals surface area contributed by atoms with Crippen molar-refractivity contribution in [2.24, 2.45) is 39.9 Å². The lowest BCUT2D eigenvalue weighted by atomic mass is 9.48. The highest BCUT2D eigenvalue weighted by atomic mass is 16.5. The Labute approximate surface area is 231 Å². The molecule has 1 fully saturated rings. The number of rotatable bonds is 11. The van der Waals surface area contributed by atoms with Crippen LogP contribution >= 0.6 is 0 Å². The molecule has 3 aliphatic rings. The van der Waals surface area contributed by atoms with E-state index in [0.29, 0.717) is 24.9 Å². The van der Waals surface area contributed by atoms with Crippen molar-refractivity contribution >= 4 is 18.2 Å². The first-order chi connectivity index (χ1) is 17.9. The van der Waals surface area contributed by atoms with Gasteiger partial charge in [-0.2, -0.15) is 0 Å². The predicted molar refractivity (Wildman–Crippen MR) is 152 cm³/mol. The summed E-state index contributed by atoms with van der Waals surface area (Å²) in [6, 6.07) is 0. The minimum atomic E-state index is -0.561. The van der Waals surface area contributed by atoms with Gasteiger partial charge in [0.25, 0.3) is 0 Å². The van der Waals surface area contributed by atoms with Crippen LogP contribution in [0.3, 0.4) is 0 Å². The monoisotopic (exact) mass is 531 g/mol. The first kappa shape index (κ1) is 32.1. The molecule has 38 heavy (non-hydrogen) atoms. The molecular weight excluding hydrogens is 478 g/mol. The van der Waals surface area contributed by atoms with E-state index in [4.69, 9.17) is 9.47 Å². The maximum Gasteiger partial charge on any atom is 0.331 e. The van der Waals surface area contributed by atoms with Gasteiger partial charge in [0.05, 0.1) is 6.61 Å². The molecule has 0 bridgehead atoms. The summed E-state index contributed by atoms with van der Waals surface area (Å²) in [4.78, 5) is 36.6. The van der Waals surface area contributed by atoms with Crippen LogP contribution in [0.2, 0.25) is 0 Å². The number of carbonyl (C=O) groups excluding carboxylic acids is 3. The molecule has 0 amide bonds. The highest BCUT2D eigenvalue weighted by Gasteiger charge is 2.56. The number of fused-ring (bicyclic) bond motifs is 1. The van der Waals surface area contributed by atoms with Crippen LogP contribution in [-0.4, -0.2) is 37.5 Å². The fourth-order valence-corrected chi connectivity index (χ4v) is 7.91. The third-order valence-electron chi connectivity index (χ3n) is 9.70. The Hall–Kier alpha value is -2.11. The van der Waals surface area contributed by atoms with Crippen molar-refractivity contribution < 1.29 is 23.9 Å². The molecule has 0 radical (unpaired) electrons. The molecule has 216 valence electrons. The van der Waals surface area contributed by atoms with E-state index in [1.54, 1.807) is 6.08 Å². The van der Waals surface area contributed by atoms with Gasteiger partial charge >= 0.3 is 11.9 Å². The molecule has 2 unspecified atom stereocenters. The fraction of sp³-hybridized carbons (Fsp3) is 0.781. The number of nitrogens with one attached hydrogen (secondary N) is 1. The molecule has 1 N–H and O–H groups in total. The average Bonchev–Trinajstić information content (AvgIpc) is 3.37. The SMILES string of the molecule is CC.CCC[C@](C)(C1CC[C@]2(C)C(=CC(=O)O[C@H]2C[C@@H]2C=CNC2)[C@H]1C)C(CCOC(C)=O)C(C)(C)C=O. The highest BCUT2D eigenvalue weighted by molar-refractivity contribution is 5.84. The standard InChI is InChI=1S/C30H47NO5.C2H6/c1-8-12-29(6,25(28(4,5)19-32)11-15-35-21(3)33)23-9-13-30(7)24(20(23)2)17-27(34)36-26(30)16-22-10-14-31-18-22;1-2/h10,14,17,19-20,22-23,25-26,31H,8-9,11-13,15-16,18H2,1-7H3;1-2H3/t20-,22-,23?,25?,26-,29+,30+;/m0./s1. The lowest BCUT2D eigenvalue weighted by Crippen LogP contribution is -2.53. The summed E-state index contributed by atoms with van der Waals surface area (Å²) in [6.45, 7) is 19.7. The zero-order chi connectivity index (χ0) is 28.7. The molecule has 7 atom stereocenters. The number of aldehydes is 1. The van der Waals surface area contributed by atoms with Crippen molar-refractivity contribution in [3.63, 3.8) is 0 Å². The van der Waals surface area contributed by atoms with Crippen molar-refractivity contribution in [3.8, 4) is 0 Å². The van der Waals surface area contributed by atoms with Crippen LogP contribution in [-0.2, 0) is 23.9 Å². The Morgan fingerprint density at radius 1 is 1.32 bits per heavy atom. The van der Waals surface area contributed by atoms with E-state index in [-0.39, 0.29) is 40.7 Å². The average molecular weight is 532 g/mol. The van der Waals surface area contributed by atoms with E-state index in [1.807, 2.05) is 33.9 Å².